The molecule has 2 amide bonds. The van der Waals surface area contributed by atoms with Crippen LogP contribution in [0, 0.1) is 0 Å². The molecule has 1 heterocycles. The van der Waals surface area contributed by atoms with Crippen molar-refractivity contribution in [1.82, 2.24) is 0 Å². The molecular weight excluding hydrogens is 416 g/mol. The molecule has 0 saturated carbocycles. The highest BCUT2D eigenvalue weighted by atomic mass is 35.5. The Morgan fingerprint density at radius 2 is 1.68 bits per heavy atom. The van der Waals surface area contributed by atoms with E-state index in [-0.39, 0.29) is 16.8 Å². The maximum Gasteiger partial charge on any atom is 0.338 e. The molecule has 0 atom stereocenters. The largest absolute Gasteiger partial charge is 0.459 e. The van der Waals surface area contributed by atoms with E-state index in [0.717, 1.165) is 15.7 Å². The summed E-state index contributed by atoms with van der Waals surface area (Å²) < 4.78 is 5.20. The predicted molar refractivity (Wildman–Crippen MR) is 120 cm³/mol. The SMILES string of the molecule is CC(C)OC(=O)c1cccc(NC2=C(Cl)C(=O)N(c3cccc4ccccc34)C2=O)c1. The van der Waals surface area contributed by atoms with E-state index in [2.05, 4.69) is 5.32 Å². The van der Waals surface area contributed by atoms with Crippen molar-refractivity contribution in [2.45, 2.75) is 20.0 Å². The Kier molecular flexibility index (Phi) is 5.48. The van der Waals surface area contributed by atoms with Gasteiger partial charge in [0, 0.05) is 11.1 Å². The summed E-state index contributed by atoms with van der Waals surface area (Å²) in [5.41, 5.74) is 1.16. The van der Waals surface area contributed by atoms with E-state index < -0.39 is 17.8 Å². The van der Waals surface area contributed by atoms with Gasteiger partial charge in [-0.1, -0.05) is 54.1 Å². The lowest BCUT2D eigenvalue weighted by molar-refractivity contribution is -0.120. The number of amides is 2. The number of nitrogens with one attached hydrogen (secondary N) is 1. The van der Waals surface area contributed by atoms with Crippen LogP contribution in [-0.2, 0) is 14.3 Å². The number of rotatable bonds is 5. The van der Waals surface area contributed by atoms with Gasteiger partial charge in [0.2, 0.25) is 0 Å². The fourth-order valence-corrected chi connectivity index (χ4v) is 3.60. The van der Waals surface area contributed by atoms with Crippen molar-refractivity contribution in [3.05, 3.63) is 83.0 Å². The number of carbonyl (C=O) groups excluding carboxylic acids is 3. The van der Waals surface area contributed by atoms with Crippen molar-refractivity contribution in [2.75, 3.05) is 10.2 Å². The molecule has 0 unspecified atom stereocenters. The molecule has 6 nitrogen and oxygen atoms in total. The Morgan fingerprint density at radius 3 is 2.45 bits per heavy atom. The minimum absolute atomic E-state index is 0.0472. The van der Waals surface area contributed by atoms with E-state index >= 15 is 0 Å². The second kappa shape index (κ2) is 8.24. The van der Waals surface area contributed by atoms with Crippen molar-refractivity contribution >= 4 is 51.5 Å². The van der Waals surface area contributed by atoms with E-state index in [1.54, 1.807) is 50.2 Å². The lowest BCUT2D eigenvalue weighted by Gasteiger charge is -2.17. The summed E-state index contributed by atoms with van der Waals surface area (Å²) in [5, 5.41) is 4.34. The first-order chi connectivity index (χ1) is 14.9. The number of hydrogen-bond donors (Lipinski definition) is 1. The Morgan fingerprint density at radius 1 is 0.968 bits per heavy atom. The highest BCUT2D eigenvalue weighted by Crippen LogP contribution is 2.34. The zero-order chi connectivity index (χ0) is 22.1. The summed E-state index contributed by atoms with van der Waals surface area (Å²) in [4.78, 5) is 39.2. The van der Waals surface area contributed by atoms with Crippen molar-refractivity contribution in [3.63, 3.8) is 0 Å². The lowest BCUT2D eigenvalue weighted by Crippen LogP contribution is -2.32. The average molecular weight is 435 g/mol. The van der Waals surface area contributed by atoms with Gasteiger partial charge >= 0.3 is 5.97 Å². The number of hydrogen-bond acceptors (Lipinski definition) is 5. The first kappa shape index (κ1) is 20.6. The minimum atomic E-state index is -0.610. The maximum absolute atomic E-state index is 13.1. The topological polar surface area (TPSA) is 75.7 Å². The number of nitrogens with zero attached hydrogens (tertiary/aromatic N) is 1. The van der Waals surface area contributed by atoms with Crippen LogP contribution >= 0.6 is 11.6 Å². The predicted octanol–water partition coefficient (Wildman–Crippen LogP) is 4.84. The van der Waals surface area contributed by atoms with Gasteiger partial charge in [-0.3, -0.25) is 9.59 Å². The molecule has 0 aliphatic carbocycles. The third-order valence-electron chi connectivity index (χ3n) is 4.75. The molecule has 4 rings (SSSR count). The zero-order valence-electron chi connectivity index (χ0n) is 16.9. The smallest absolute Gasteiger partial charge is 0.338 e. The van der Waals surface area contributed by atoms with Crippen LogP contribution < -0.4 is 10.2 Å². The monoisotopic (exact) mass is 434 g/mol. The zero-order valence-corrected chi connectivity index (χ0v) is 17.6. The summed E-state index contributed by atoms with van der Waals surface area (Å²) in [5.74, 6) is -1.66. The molecule has 156 valence electrons. The molecule has 0 aromatic heterocycles. The number of ether oxygens (including phenoxy) is 1. The van der Waals surface area contributed by atoms with Crippen LogP contribution in [-0.4, -0.2) is 23.9 Å². The molecule has 0 bridgehead atoms. The van der Waals surface area contributed by atoms with Crippen LogP contribution in [0.25, 0.3) is 10.8 Å². The summed E-state index contributed by atoms with van der Waals surface area (Å²) in [6, 6.07) is 19.3. The molecule has 1 aliphatic rings. The number of anilines is 2. The second-order valence-electron chi connectivity index (χ2n) is 7.29. The van der Waals surface area contributed by atoms with Crippen LogP contribution in [0.3, 0.4) is 0 Å². The van der Waals surface area contributed by atoms with Gasteiger partial charge in [0.15, 0.2) is 0 Å². The molecule has 1 aliphatic heterocycles. The van der Waals surface area contributed by atoms with E-state index in [1.807, 2.05) is 30.3 Å². The van der Waals surface area contributed by atoms with Crippen LogP contribution in [0.2, 0.25) is 0 Å². The molecule has 7 heteroatoms. The van der Waals surface area contributed by atoms with Gasteiger partial charge in [0.1, 0.15) is 10.7 Å². The molecule has 3 aromatic rings. The Bertz CT molecular complexity index is 1240. The summed E-state index contributed by atoms with van der Waals surface area (Å²) in [6.45, 7) is 3.52. The fraction of sp³-hybridized carbons (Fsp3) is 0.125. The van der Waals surface area contributed by atoms with Gasteiger partial charge in [0.25, 0.3) is 11.8 Å². The number of carbonyl (C=O) groups is 3. The number of esters is 1. The molecule has 0 fully saturated rings. The quantitative estimate of drug-likeness (QED) is 0.459. The maximum atomic E-state index is 13.1. The van der Waals surface area contributed by atoms with Crippen molar-refractivity contribution < 1.29 is 19.1 Å². The van der Waals surface area contributed by atoms with Gasteiger partial charge in [-0.25, -0.2) is 9.69 Å². The Labute approximate surface area is 184 Å². The molecular formula is C24H19ClN2O4. The number of fused-ring (bicyclic) bond motifs is 1. The van der Waals surface area contributed by atoms with E-state index in [1.165, 1.54) is 0 Å². The third kappa shape index (κ3) is 3.90. The lowest BCUT2D eigenvalue weighted by atomic mass is 10.1. The van der Waals surface area contributed by atoms with Gasteiger partial charge in [-0.05, 0) is 43.5 Å². The normalized spacial score (nSPS) is 14.0. The van der Waals surface area contributed by atoms with Crippen LogP contribution in [0.1, 0.15) is 24.2 Å². The van der Waals surface area contributed by atoms with E-state index in [9.17, 15) is 14.4 Å². The van der Waals surface area contributed by atoms with Crippen LogP contribution in [0.15, 0.2) is 77.5 Å². The van der Waals surface area contributed by atoms with Crippen LogP contribution in [0.5, 0.6) is 0 Å². The van der Waals surface area contributed by atoms with E-state index in [0.29, 0.717) is 16.9 Å². The number of halogens is 1. The van der Waals surface area contributed by atoms with Crippen LogP contribution in [0.4, 0.5) is 11.4 Å². The highest BCUT2D eigenvalue weighted by molar-refractivity contribution is 6.53. The summed E-state index contributed by atoms with van der Waals surface area (Å²) in [7, 11) is 0. The average Bonchev–Trinajstić information content (AvgIpc) is 2.96. The van der Waals surface area contributed by atoms with Gasteiger partial charge in [-0.15, -0.1) is 0 Å². The molecule has 0 spiro atoms. The Balaban J connectivity index is 1.64. The molecule has 3 aromatic carbocycles. The second-order valence-corrected chi connectivity index (χ2v) is 7.67. The summed E-state index contributed by atoms with van der Waals surface area (Å²) in [6.07, 6.45) is -0.260. The van der Waals surface area contributed by atoms with Gasteiger partial charge in [-0.2, -0.15) is 0 Å². The first-order valence-electron chi connectivity index (χ1n) is 9.71. The van der Waals surface area contributed by atoms with Crippen molar-refractivity contribution in [1.29, 1.82) is 0 Å². The molecule has 0 radical (unpaired) electrons. The van der Waals surface area contributed by atoms with Gasteiger partial charge in [0.05, 0.1) is 17.4 Å². The number of benzene rings is 3. The van der Waals surface area contributed by atoms with Crippen molar-refractivity contribution in [2.24, 2.45) is 0 Å². The molecule has 0 saturated heterocycles. The standard InChI is InChI=1S/C24H19ClN2O4/c1-14(2)31-24(30)16-9-5-10-17(13-16)26-21-20(25)22(28)27(23(21)29)19-12-6-8-15-7-3-4-11-18(15)19/h3-14,26H,1-2H3. The van der Waals surface area contributed by atoms with Gasteiger partial charge < -0.3 is 10.1 Å². The summed E-state index contributed by atoms with van der Waals surface area (Å²) >= 11 is 6.25. The molecule has 31 heavy (non-hydrogen) atoms. The fourth-order valence-electron chi connectivity index (χ4n) is 3.38. The number of imide groups is 1. The van der Waals surface area contributed by atoms with E-state index in [4.69, 9.17) is 16.3 Å². The Hall–Kier alpha value is -3.64. The highest BCUT2D eigenvalue weighted by Gasteiger charge is 2.39. The van der Waals surface area contributed by atoms with Crippen molar-refractivity contribution in [3.8, 4) is 0 Å². The minimum Gasteiger partial charge on any atom is -0.459 e. The third-order valence-corrected chi connectivity index (χ3v) is 5.10. The first-order valence-corrected chi connectivity index (χ1v) is 10.1. The molecule has 1 N–H and O–H groups in total.